The molecule has 0 aliphatic heterocycles. The number of hydrogen-bond donors (Lipinski definition) is 2. The number of ether oxygens (including phenoxy) is 2. The molecule has 10 heteroatoms. The summed E-state index contributed by atoms with van der Waals surface area (Å²) in [5, 5.41) is 0. The van der Waals surface area contributed by atoms with Gasteiger partial charge in [-0.25, -0.2) is 4.57 Å². The van der Waals surface area contributed by atoms with Gasteiger partial charge in [0, 0.05) is 19.4 Å². The van der Waals surface area contributed by atoms with Crippen molar-refractivity contribution in [2.24, 2.45) is 5.73 Å². The molecule has 0 saturated carbocycles. The van der Waals surface area contributed by atoms with Crippen LogP contribution in [0.15, 0.2) is 72.9 Å². The van der Waals surface area contributed by atoms with Gasteiger partial charge in [0.1, 0.15) is 6.61 Å². The number of carbonyl (C=O) groups is 2. The van der Waals surface area contributed by atoms with Gasteiger partial charge in [-0.15, -0.1) is 0 Å². The molecule has 0 radical (unpaired) electrons. The van der Waals surface area contributed by atoms with Gasteiger partial charge < -0.3 is 20.1 Å². The van der Waals surface area contributed by atoms with Crippen molar-refractivity contribution < 1.29 is 37.6 Å². The molecule has 0 aromatic heterocycles. The molecule has 0 bridgehead atoms. The van der Waals surface area contributed by atoms with Gasteiger partial charge in [0.15, 0.2) is 6.10 Å². The van der Waals surface area contributed by atoms with Gasteiger partial charge >= 0.3 is 19.8 Å². The Morgan fingerprint density at radius 3 is 1.43 bits per heavy atom. The van der Waals surface area contributed by atoms with Gasteiger partial charge in [-0.1, -0.05) is 112 Å². The summed E-state index contributed by atoms with van der Waals surface area (Å²) in [7, 11) is -4.39. The number of hydrogen-bond acceptors (Lipinski definition) is 8. The average Bonchev–Trinajstić information content (AvgIpc) is 3.11. The van der Waals surface area contributed by atoms with E-state index in [1.54, 1.807) is 0 Å². The Morgan fingerprint density at radius 2 is 1.00 bits per heavy atom. The van der Waals surface area contributed by atoms with Gasteiger partial charge in [0.25, 0.3) is 0 Å². The molecule has 0 aliphatic rings. The van der Waals surface area contributed by atoms with Crippen LogP contribution in [0.25, 0.3) is 0 Å². The monoisotopic (exact) mass is 735 g/mol. The fraction of sp³-hybridized carbons (Fsp3) is 0.659. The molecule has 0 spiro atoms. The van der Waals surface area contributed by atoms with E-state index in [1.807, 2.05) is 0 Å². The standard InChI is InChI=1S/C41H70NO8P/c1-3-5-7-9-11-13-15-17-19-21-23-25-27-29-31-33-40(43)47-37-39(38-49-51(45,46)48-36-35-42)50-41(44)34-32-30-28-26-24-22-20-18-16-14-12-10-8-6-4-2/h11-14,17-20,23-26,39H,3-10,15-16,21-22,27-38,42H2,1-2H3,(H,45,46). The lowest BCUT2D eigenvalue weighted by molar-refractivity contribution is -0.161. The second-order valence-corrected chi connectivity index (χ2v) is 13.9. The lowest BCUT2D eigenvalue weighted by Gasteiger charge is -2.19. The lowest BCUT2D eigenvalue weighted by Crippen LogP contribution is -2.29. The summed E-state index contributed by atoms with van der Waals surface area (Å²) in [6.07, 6.45) is 43.6. The summed E-state index contributed by atoms with van der Waals surface area (Å²) in [4.78, 5) is 34.7. The Labute approximate surface area is 310 Å². The van der Waals surface area contributed by atoms with E-state index in [0.717, 1.165) is 64.2 Å². The lowest BCUT2D eigenvalue weighted by atomic mass is 10.1. The normalized spacial score (nSPS) is 14.2. The van der Waals surface area contributed by atoms with Crippen LogP contribution >= 0.6 is 7.82 Å². The topological polar surface area (TPSA) is 134 Å². The first-order chi connectivity index (χ1) is 24.8. The maximum absolute atomic E-state index is 12.5. The van der Waals surface area contributed by atoms with Crippen LogP contribution in [-0.2, 0) is 32.7 Å². The fourth-order valence-electron chi connectivity index (χ4n) is 4.64. The zero-order valence-corrected chi connectivity index (χ0v) is 32.7. The minimum absolute atomic E-state index is 0.0383. The van der Waals surface area contributed by atoms with Crippen LogP contribution in [0.5, 0.6) is 0 Å². The van der Waals surface area contributed by atoms with Crippen LogP contribution in [0.1, 0.15) is 142 Å². The SMILES string of the molecule is CCCCCC=CCC=CCC=CCCCCC(=O)OCC(COP(=O)(O)OCCN)OC(=O)CCCCC=CCC=CCC=CCCCCC. The largest absolute Gasteiger partial charge is 0.472 e. The third-order valence-electron chi connectivity index (χ3n) is 7.56. The number of carbonyl (C=O) groups excluding carboxylic acids is 2. The van der Waals surface area contributed by atoms with Crippen molar-refractivity contribution in [1.82, 2.24) is 0 Å². The molecular formula is C41H70NO8P. The van der Waals surface area contributed by atoms with Gasteiger partial charge in [-0.05, 0) is 89.9 Å². The van der Waals surface area contributed by atoms with Crippen LogP contribution < -0.4 is 5.73 Å². The maximum Gasteiger partial charge on any atom is 0.472 e. The van der Waals surface area contributed by atoms with E-state index in [9.17, 15) is 19.0 Å². The van der Waals surface area contributed by atoms with Crippen molar-refractivity contribution in [3.63, 3.8) is 0 Å². The molecule has 0 fully saturated rings. The van der Waals surface area contributed by atoms with Crippen molar-refractivity contribution in [2.45, 2.75) is 148 Å². The van der Waals surface area contributed by atoms with Crippen molar-refractivity contribution in [2.75, 3.05) is 26.4 Å². The van der Waals surface area contributed by atoms with Gasteiger partial charge in [0.05, 0.1) is 13.2 Å². The highest BCUT2D eigenvalue weighted by Gasteiger charge is 2.25. The summed E-state index contributed by atoms with van der Waals surface area (Å²) < 4.78 is 32.6. The highest BCUT2D eigenvalue weighted by atomic mass is 31.2. The number of rotatable bonds is 35. The van der Waals surface area contributed by atoms with Crippen LogP contribution in [0.2, 0.25) is 0 Å². The highest BCUT2D eigenvalue weighted by Crippen LogP contribution is 2.43. The first-order valence-corrected chi connectivity index (χ1v) is 20.9. The van der Waals surface area contributed by atoms with Gasteiger partial charge in [-0.2, -0.15) is 0 Å². The minimum atomic E-state index is -4.39. The summed E-state index contributed by atoms with van der Waals surface area (Å²) in [6.45, 7) is 3.55. The molecule has 2 atom stereocenters. The molecule has 292 valence electrons. The van der Waals surface area contributed by atoms with E-state index in [1.165, 1.54) is 38.5 Å². The zero-order chi connectivity index (χ0) is 37.5. The van der Waals surface area contributed by atoms with E-state index in [2.05, 4.69) is 86.8 Å². The average molecular weight is 736 g/mol. The number of nitrogens with two attached hydrogens (primary N) is 1. The molecule has 0 heterocycles. The van der Waals surface area contributed by atoms with Crippen LogP contribution in [0.4, 0.5) is 0 Å². The molecule has 51 heavy (non-hydrogen) atoms. The second-order valence-electron chi connectivity index (χ2n) is 12.4. The molecule has 0 aromatic rings. The van der Waals surface area contributed by atoms with E-state index < -0.39 is 32.5 Å². The Bertz CT molecular complexity index is 1070. The highest BCUT2D eigenvalue weighted by molar-refractivity contribution is 7.47. The molecule has 9 nitrogen and oxygen atoms in total. The molecule has 0 amide bonds. The van der Waals surface area contributed by atoms with Gasteiger partial charge in [0.2, 0.25) is 0 Å². The summed E-state index contributed by atoms with van der Waals surface area (Å²) in [6, 6.07) is 0. The number of allylic oxidation sites excluding steroid dienone is 12. The Morgan fingerprint density at radius 1 is 0.588 bits per heavy atom. The predicted molar refractivity (Wildman–Crippen MR) is 210 cm³/mol. The van der Waals surface area contributed by atoms with Crippen molar-refractivity contribution in [3.05, 3.63) is 72.9 Å². The summed E-state index contributed by atoms with van der Waals surface area (Å²) in [5.74, 6) is -0.928. The van der Waals surface area contributed by atoms with Crippen molar-refractivity contribution in [1.29, 1.82) is 0 Å². The number of esters is 2. The number of unbranched alkanes of at least 4 members (excludes halogenated alkanes) is 10. The van der Waals surface area contributed by atoms with E-state index in [-0.39, 0.29) is 32.6 Å². The summed E-state index contributed by atoms with van der Waals surface area (Å²) in [5.41, 5.74) is 5.33. The smallest absolute Gasteiger partial charge is 0.462 e. The molecular weight excluding hydrogens is 665 g/mol. The minimum Gasteiger partial charge on any atom is -0.462 e. The molecule has 0 rings (SSSR count). The number of phosphoric acid groups is 1. The molecule has 2 unspecified atom stereocenters. The first kappa shape index (κ1) is 48.5. The Hall–Kier alpha value is -2.55. The molecule has 0 aliphatic carbocycles. The van der Waals surface area contributed by atoms with E-state index >= 15 is 0 Å². The molecule has 0 aromatic carbocycles. The van der Waals surface area contributed by atoms with E-state index in [4.69, 9.17) is 24.3 Å². The zero-order valence-electron chi connectivity index (χ0n) is 31.8. The fourth-order valence-corrected chi connectivity index (χ4v) is 5.41. The quantitative estimate of drug-likeness (QED) is 0.0282. The first-order valence-electron chi connectivity index (χ1n) is 19.4. The van der Waals surface area contributed by atoms with Crippen LogP contribution in [-0.4, -0.2) is 49.3 Å². The second kappa shape index (κ2) is 37.2. The van der Waals surface area contributed by atoms with Gasteiger partial charge in [-0.3, -0.25) is 18.6 Å². The number of phosphoric ester groups is 1. The molecule has 3 N–H and O–H groups in total. The van der Waals surface area contributed by atoms with Crippen molar-refractivity contribution in [3.8, 4) is 0 Å². The van der Waals surface area contributed by atoms with Crippen LogP contribution in [0, 0.1) is 0 Å². The predicted octanol–water partition coefficient (Wildman–Crippen LogP) is 10.7. The molecule has 0 saturated heterocycles. The Balaban J connectivity index is 4.38. The van der Waals surface area contributed by atoms with Crippen molar-refractivity contribution >= 4 is 19.8 Å². The third kappa shape index (κ3) is 37.0. The van der Waals surface area contributed by atoms with E-state index in [0.29, 0.717) is 12.8 Å². The maximum atomic E-state index is 12.5. The third-order valence-corrected chi connectivity index (χ3v) is 8.55. The van der Waals surface area contributed by atoms with Crippen LogP contribution in [0.3, 0.4) is 0 Å². The Kier molecular flexibility index (Phi) is 35.4. The summed E-state index contributed by atoms with van der Waals surface area (Å²) >= 11 is 0.